The summed E-state index contributed by atoms with van der Waals surface area (Å²) >= 11 is 0. The molecule has 2 aliphatic heterocycles. The van der Waals surface area contributed by atoms with Crippen molar-refractivity contribution in [1.82, 2.24) is 14.9 Å². The lowest BCUT2D eigenvalue weighted by atomic mass is 9.84. The summed E-state index contributed by atoms with van der Waals surface area (Å²) in [6.45, 7) is 0.334. The molecular formula is C21H26N4O5S. The van der Waals surface area contributed by atoms with E-state index in [2.05, 4.69) is 10.6 Å². The van der Waals surface area contributed by atoms with Crippen LogP contribution in [0.25, 0.3) is 11.0 Å². The first-order chi connectivity index (χ1) is 14.7. The van der Waals surface area contributed by atoms with Gasteiger partial charge in [-0.3, -0.25) is 10.1 Å². The van der Waals surface area contributed by atoms with E-state index in [1.54, 1.807) is 0 Å². The molecule has 4 atom stereocenters. The highest BCUT2D eigenvalue weighted by Crippen LogP contribution is 2.43. The molecule has 1 aromatic carbocycles. The van der Waals surface area contributed by atoms with E-state index in [1.165, 1.54) is 4.31 Å². The molecule has 10 heteroatoms. The summed E-state index contributed by atoms with van der Waals surface area (Å²) in [5.74, 6) is 0.797. The number of nitrogens with two attached hydrogens (primary N) is 1. The zero-order valence-corrected chi connectivity index (χ0v) is 17.9. The molecule has 166 valence electrons. The SMILES string of the molecule is NS(=O)(=O)N1CCC(c2cc3ccccc3o2)CC1CC1CCC2(C1)NC(=O)NC2=O. The predicted octanol–water partition coefficient (Wildman–Crippen LogP) is 1.95. The van der Waals surface area contributed by atoms with Crippen molar-refractivity contribution in [2.75, 3.05) is 6.54 Å². The number of para-hydroxylation sites is 1. The molecule has 0 bridgehead atoms. The second-order valence-electron chi connectivity index (χ2n) is 9.05. The smallest absolute Gasteiger partial charge is 0.322 e. The maximum Gasteiger partial charge on any atom is 0.322 e. The molecule has 4 N–H and O–H groups in total. The number of hydrogen-bond donors (Lipinski definition) is 3. The molecule has 1 saturated carbocycles. The number of urea groups is 1. The molecule has 1 aliphatic carbocycles. The first kappa shape index (κ1) is 20.5. The minimum atomic E-state index is -3.84. The van der Waals surface area contributed by atoms with Gasteiger partial charge in [0.05, 0.1) is 0 Å². The van der Waals surface area contributed by atoms with Crippen molar-refractivity contribution in [3.63, 3.8) is 0 Å². The van der Waals surface area contributed by atoms with Gasteiger partial charge in [-0.1, -0.05) is 18.2 Å². The van der Waals surface area contributed by atoms with Crippen molar-refractivity contribution >= 4 is 33.1 Å². The number of carbonyl (C=O) groups excluding carboxylic acids is 2. The van der Waals surface area contributed by atoms with E-state index in [0.29, 0.717) is 38.6 Å². The zero-order valence-electron chi connectivity index (χ0n) is 17.0. The van der Waals surface area contributed by atoms with Crippen LogP contribution >= 0.6 is 0 Å². The Morgan fingerprint density at radius 1 is 1.23 bits per heavy atom. The highest BCUT2D eigenvalue weighted by Gasteiger charge is 2.51. The average molecular weight is 447 g/mol. The van der Waals surface area contributed by atoms with Crippen LogP contribution in [-0.4, -0.2) is 42.8 Å². The van der Waals surface area contributed by atoms with Crippen LogP contribution in [0.5, 0.6) is 0 Å². The number of nitrogens with one attached hydrogen (secondary N) is 2. The Balaban J connectivity index is 1.35. The molecule has 3 heterocycles. The van der Waals surface area contributed by atoms with Crippen LogP contribution in [0, 0.1) is 5.92 Å². The number of amides is 3. The Labute approximate surface area is 180 Å². The Morgan fingerprint density at radius 2 is 2.03 bits per heavy atom. The Bertz CT molecular complexity index is 1110. The molecule has 3 aliphatic rings. The normalized spacial score (nSPS) is 32.0. The third-order valence-corrected chi connectivity index (χ3v) is 8.21. The summed E-state index contributed by atoms with van der Waals surface area (Å²) in [7, 11) is -3.84. The van der Waals surface area contributed by atoms with Gasteiger partial charge >= 0.3 is 6.03 Å². The minimum Gasteiger partial charge on any atom is -0.461 e. The van der Waals surface area contributed by atoms with Crippen molar-refractivity contribution in [3.05, 3.63) is 36.1 Å². The maximum atomic E-state index is 12.3. The van der Waals surface area contributed by atoms with E-state index in [9.17, 15) is 18.0 Å². The van der Waals surface area contributed by atoms with Gasteiger partial charge in [0.15, 0.2) is 0 Å². The van der Waals surface area contributed by atoms with Gasteiger partial charge in [-0.2, -0.15) is 12.7 Å². The number of fused-ring (bicyclic) bond motifs is 1. The van der Waals surface area contributed by atoms with Gasteiger partial charge in [-0.05, 0) is 56.6 Å². The topological polar surface area (TPSA) is 135 Å². The van der Waals surface area contributed by atoms with Crippen LogP contribution in [0.1, 0.15) is 50.2 Å². The van der Waals surface area contributed by atoms with Gasteiger partial charge in [-0.25, -0.2) is 9.93 Å². The Morgan fingerprint density at radius 3 is 2.74 bits per heavy atom. The van der Waals surface area contributed by atoms with Crippen LogP contribution in [0.15, 0.2) is 34.7 Å². The number of furan rings is 1. The van der Waals surface area contributed by atoms with Crippen LogP contribution < -0.4 is 15.8 Å². The fourth-order valence-corrected chi connectivity index (χ4v) is 6.57. The second-order valence-corrected chi connectivity index (χ2v) is 10.6. The van der Waals surface area contributed by atoms with Gasteiger partial charge in [0.2, 0.25) is 0 Å². The van der Waals surface area contributed by atoms with Gasteiger partial charge in [0, 0.05) is 23.9 Å². The van der Waals surface area contributed by atoms with Crippen molar-refractivity contribution in [3.8, 4) is 0 Å². The fourth-order valence-electron chi connectivity index (χ4n) is 5.62. The van der Waals surface area contributed by atoms with Crippen molar-refractivity contribution in [2.24, 2.45) is 11.1 Å². The molecule has 1 spiro atoms. The summed E-state index contributed by atoms with van der Waals surface area (Å²) in [4.78, 5) is 23.9. The van der Waals surface area contributed by atoms with Crippen LogP contribution in [0.4, 0.5) is 4.79 Å². The standard InChI is InChI=1S/C21H26N4O5S/c22-31(28,29)25-8-6-15(18-11-14-3-1-2-4-17(14)30-18)10-16(25)9-13-5-7-21(12-13)19(26)23-20(27)24-21/h1-4,11,13,15-16H,5-10,12H2,(H2,22,28,29)(H2,23,24,26,27). The monoisotopic (exact) mass is 446 g/mol. The number of hydrogen-bond acceptors (Lipinski definition) is 5. The van der Waals surface area contributed by atoms with Gasteiger partial charge in [0.1, 0.15) is 16.9 Å². The van der Waals surface area contributed by atoms with E-state index in [4.69, 9.17) is 9.56 Å². The van der Waals surface area contributed by atoms with Crippen molar-refractivity contribution in [1.29, 1.82) is 0 Å². The van der Waals surface area contributed by atoms with E-state index in [-0.39, 0.29) is 23.8 Å². The molecule has 2 saturated heterocycles. The average Bonchev–Trinajstić information content (AvgIpc) is 3.38. The number of imide groups is 1. The fraction of sp³-hybridized carbons (Fsp3) is 0.524. The molecule has 0 radical (unpaired) electrons. The van der Waals surface area contributed by atoms with Crippen LogP contribution in [0.2, 0.25) is 0 Å². The first-order valence-electron chi connectivity index (χ1n) is 10.7. The number of piperidine rings is 1. The molecule has 2 aromatic rings. The van der Waals surface area contributed by atoms with E-state index in [1.807, 2.05) is 30.3 Å². The van der Waals surface area contributed by atoms with Crippen LogP contribution in [0.3, 0.4) is 0 Å². The quantitative estimate of drug-likeness (QED) is 0.617. The Hall–Kier alpha value is -2.43. The van der Waals surface area contributed by atoms with Gasteiger partial charge < -0.3 is 9.73 Å². The van der Waals surface area contributed by atoms with E-state index < -0.39 is 21.8 Å². The molecule has 5 rings (SSSR count). The lowest BCUT2D eigenvalue weighted by Crippen LogP contribution is -2.49. The van der Waals surface area contributed by atoms with Gasteiger partial charge in [0.25, 0.3) is 16.1 Å². The third-order valence-electron chi connectivity index (χ3n) is 7.07. The highest BCUT2D eigenvalue weighted by atomic mass is 32.2. The summed E-state index contributed by atoms with van der Waals surface area (Å²) in [6, 6.07) is 9.11. The Kier molecular flexibility index (Phi) is 4.83. The summed E-state index contributed by atoms with van der Waals surface area (Å²) in [5.41, 5.74) is -0.0373. The number of nitrogens with zero attached hydrogens (tertiary/aromatic N) is 1. The lowest BCUT2D eigenvalue weighted by Gasteiger charge is -2.38. The maximum absolute atomic E-state index is 12.3. The number of carbonyl (C=O) groups is 2. The number of benzene rings is 1. The second kappa shape index (κ2) is 7.32. The largest absolute Gasteiger partial charge is 0.461 e. The molecule has 9 nitrogen and oxygen atoms in total. The summed E-state index contributed by atoms with van der Waals surface area (Å²) in [5, 5.41) is 11.6. The zero-order chi connectivity index (χ0) is 21.8. The van der Waals surface area contributed by atoms with E-state index >= 15 is 0 Å². The molecule has 3 fully saturated rings. The molecule has 1 aromatic heterocycles. The molecule has 3 amide bonds. The lowest BCUT2D eigenvalue weighted by molar-refractivity contribution is -0.123. The number of rotatable bonds is 4. The van der Waals surface area contributed by atoms with Crippen molar-refractivity contribution in [2.45, 2.75) is 56.0 Å². The van der Waals surface area contributed by atoms with Crippen LogP contribution in [-0.2, 0) is 15.0 Å². The highest BCUT2D eigenvalue weighted by molar-refractivity contribution is 7.86. The molecule has 4 unspecified atom stereocenters. The molecule has 31 heavy (non-hydrogen) atoms. The summed E-state index contributed by atoms with van der Waals surface area (Å²) < 4.78 is 32.0. The van der Waals surface area contributed by atoms with Gasteiger partial charge in [-0.15, -0.1) is 0 Å². The summed E-state index contributed by atoms with van der Waals surface area (Å²) in [6.07, 6.45) is 3.66. The first-order valence-corrected chi connectivity index (χ1v) is 12.2. The van der Waals surface area contributed by atoms with E-state index in [0.717, 1.165) is 23.2 Å². The minimum absolute atomic E-state index is 0.0974. The third kappa shape index (κ3) is 3.72. The predicted molar refractivity (Wildman–Crippen MR) is 113 cm³/mol. The molecular weight excluding hydrogens is 420 g/mol. The van der Waals surface area contributed by atoms with Crippen molar-refractivity contribution < 1.29 is 22.4 Å².